The van der Waals surface area contributed by atoms with E-state index in [1.54, 1.807) is 6.20 Å². The Morgan fingerprint density at radius 1 is 1.50 bits per heavy atom. The normalized spacial score (nSPS) is 13.9. The molecule has 0 bridgehead atoms. The van der Waals surface area contributed by atoms with Crippen molar-refractivity contribution in [2.75, 3.05) is 26.7 Å². The Morgan fingerprint density at radius 3 is 2.75 bits per heavy atom. The highest BCUT2D eigenvalue weighted by atomic mass is 79.9. The first-order valence-corrected chi connectivity index (χ1v) is 7.22. The number of aromatic nitrogens is 2. The van der Waals surface area contributed by atoms with Gasteiger partial charge in [0.25, 0.3) is 0 Å². The lowest BCUT2D eigenvalue weighted by Crippen LogP contribution is -2.35. The summed E-state index contributed by atoms with van der Waals surface area (Å²) in [5.74, 6) is 0. The molecule has 4 nitrogen and oxygen atoms in total. The lowest BCUT2D eigenvalue weighted by atomic mass is 10.3. The minimum absolute atomic E-state index is 0.217. The summed E-state index contributed by atoms with van der Waals surface area (Å²) in [5.41, 5.74) is 0. The van der Waals surface area contributed by atoms with E-state index in [0.717, 1.165) is 11.0 Å². The molecule has 0 aliphatic heterocycles. The van der Waals surface area contributed by atoms with Crippen LogP contribution in [0.5, 0.6) is 0 Å². The number of alkyl halides is 3. The Labute approximate surface area is 125 Å². The van der Waals surface area contributed by atoms with Crippen LogP contribution >= 0.6 is 15.9 Å². The van der Waals surface area contributed by atoms with Crippen LogP contribution in [0.4, 0.5) is 13.2 Å². The minimum atomic E-state index is -4.12. The Bertz CT molecular complexity index is 394. The molecule has 0 saturated heterocycles. The van der Waals surface area contributed by atoms with Crippen LogP contribution in [0.25, 0.3) is 0 Å². The van der Waals surface area contributed by atoms with Gasteiger partial charge in [-0.1, -0.05) is 0 Å². The van der Waals surface area contributed by atoms with Gasteiger partial charge in [0.15, 0.2) is 0 Å². The molecule has 1 aromatic rings. The van der Waals surface area contributed by atoms with Crippen LogP contribution < -0.4 is 5.32 Å². The molecule has 20 heavy (non-hydrogen) atoms. The number of hydrogen-bond acceptors (Lipinski definition) is 3. The molecule has 1 rings (SSSR count). The summed E-state index contributed by atoms with van der Waals surface area (Å²) in [6.45, 7) is 3.00. The van der Waals surface area contributed by atoms with Crippen molar-refractivity contribution >= 4 is 15.9 Å². The van der Waals surface area contributed by atoms with E-state index in [0.29, 0.717) is 19.5 Å². The highest BCUT2D eigenvalue weighted by Gasteiger charge is 2.28. The molecule has 0 amide bonds. The summed E-state index contributed by atoms with van der Waals surface area (Å²) in [7, 11) is 1.48. The average Bonchev–Trinajstić information content (AvgIpc) is 2.68. The molecule has 0 aliphatic carbocycles. The quantitative estimate of drug-likeness (QED) is 0.726. The second-order valence-electron chi connectivity index (χ2n) is 4.94. The molecule has 0 saturated carbocycles. The standard InChI is InChI=1S/C12H20BrF3N4/c1-10(7-20-8-11(13)6-18-20)17-4-3-5-19(2)9-12(14,15)16/h6,8,10,17H,3-5,7,9H2,1-2H3/t10-/m0/s1. The van der Waals surface area contributed by atoms with Gasteiger partial charge in [-0.3, -0.25) is 9.58 Å². The Balaban J connectivity index is 2.11. The van der Waals surface area contributed by atoms with Gasteiger partial charge in [-0.2, -0.15) is 18.3 Å². The van der Waals surface area contributed by atoms with Gasteiger partial charge in [0.05, 0.1) is 23.8 Å². The van der Waals surface area contributed by atoms with Crippen molar-refractivity contribution in [3.63, 3.8) is 0 Å². The molecule has 0 spiro atoms. The van der Waals surface area contributed by atoms with Gasteiger partial charge in [0, 0.05) is 12.2 Å². The van der Waals surface area contributed by atoms with Crippen molar-refractivity contribution in [3.05, 3.63) is 16.9 Å². The molecule has 0 aliphatic rings. The third-order valence-electron chi connectivity index (χ3n) is 2.72. The summed E-state index contributed by atoms with van der Waals surface area (Å²) in [5, 5.41) is 7.42. The van der Waals surface area contributed by atoms with Crippen LogP contribution in [-0.4, -0.2) is 53.6 Å². The largest absolute Gasteiger partial charge is 0.401 e. The van der Waals surface area contributed by atoms with Crippen LogP contribution in [0.2, 0.25) is 0 Å². The van der Waals surface area contributed by atoms with Gasteiger partial charge in [-0.15, -0.1) is 0 Å². The van der Waals surface area contributed by atoms with Crippen LogP contribution in [0.15, 0.2) is 16.9 Å². The van der Waals surface area contributed by atoms with Gasteiger partial charge >= 0.3 is 6.18 Å². The monoisotopic (exact) mass is 356 g/mol. The molecule has 0 unspecified atom stereocenters. The van der Waals surface area contributed by atoms with E-state index >= 15 is 0 Å². The van der Waals surface area contributed by atoms with E-state index in [4.69, 9.17) is 0 Å². The Morgan fingerprint density at radius 2 is 2.20 bits per heavy atom. The fourth-order valence-corrected chi connectivity index (χ4v) is 2.19. The van der Waals surface area contributed by atoms with Crippen LogP contribution in [0, 0.1) is 0 Å². The third-order valence-corrected chi connectivity index (χ3v) is 3.13. The van der Waals surface area contributed by atoms with E-state index in [1.165, 1.54) is 11.9 Å². The molecule has 1 aromatic heterocycles. The third kappa shape index (κ3) is 7.86. The van der Waals surface area contributed by atoms with Crippen molar-refractivity contribution in [2.45, 2.75) is 32.1 Å². The highest BCUT2D eigenvalue weighted by molar-refractivity contribution is 9.10. The highest BCUT2D eigenvalue weighted by Crippen LogP contribution is 2.15. The maximum atomic E-state index is 12.1. The molecule has 116 valence electrons. The molecule has 0 radical (unpaired) electrons. The van der Waals surface area contributed by atoms with Crippen LogP contribution in [0.3, 0.4) is 0 Å². The van der Waals surface area contributed by atoms with E-state index in [2.05, 4.69) is 26.3 Å². The maximum absolute atomic E-state index is 12.1. The Hall–Kier alpha value is -0.600. The topological polar surface area (TPSA) is 33.1 Å². The van der Waals surface area contributed by atoms with E-state index in [1.807, 2.05) is 17.8 Å². The van der Waals surface area contributed by atoms with Crippen molar-refractivity contribution in [1.82, 2.24) is 20.0 Å². The van der Waals surface area contributed by atoms with Crippen LogP contribution in [0.1, 0.15) is 13.3 Å². The number of nitrogens with zero attached hydrogens (tertiary/aromatic N) is 3. The first-order chi connectivity index (χ1) is 9.26. The second-order valence-corrected chi connectivity index (χ2v) is 5.86. The molecule has 0 fully saturated rings. The number of nitrogens with one attached hydrogen (secondary N) is 1. The van der Waals surface area contributed by atoms with Gasteiger partial charge in [-0.25, -0.2) is 0 Å². The molecule has 8 heteroatoms. The van der Waals surface area contributed by atoms with Gasteiger partial charge in [-0.05, 0) is 49.4 Å². The van der Waals surface area contributed by atoms with Crippen LogP contribution in [-0.2, 0) is 6.54 Å². The Kier molecular flexibility index (Phi) is 6.97. The molecule has 1 N–H and O–H groups in total. The summed E-state index contributed by atoms with van der Waals surface area (Å²) < 4.78 is 39.1. The van der Waals surface area contributed by atoms with Gasteiger partial charge < -0.3 is 5.32 Å². The SMILES string of the molecule is C[C@@H](Cn1cc(Br)cn1)NCCCN(C)CC(F)(F)F. The van der Waals surface area contributed by atoms with Crippen molar-refractivity contribution in [3.8, 4) is 0 Å². The molecule has 0 aromatic carbocycles. The predicted molar refractivity (Wildman–Crippen MR) is 75.6 cm³/mol. The first-order valence-electron chi connectivity index (χ1n) is 6.43. The molecule has 1 atom stereocenters. The number of hydrogen-bond donors (Lipinski definition) is 1. The zero-order chi connectivity index (χ0) is 15.2. The van der Waals surface area contributed by atoms with E-state index in [9.17, 15) is 13.2 Å². The van der Waals surface area contributed by atoms with Crippen molar-refractivity contribution < 1.29 is 13.2 Å². The number of rotatable bonds is 8. The average molecular weight is 357 g/mol. The fourth-order valence-electron chi connectivity index (χ4n) is 1.87. The predicted octanol–water partition coefficient (Wildman–Crippen LogP) is 2.51. The number of halogens is 4. The molecular weight excluding hydrogens is 337 g/mol. The maximum Gasteiger partial charge on any atom is 0.401 e. The summed E-state index contributed by atoms with van der Waals surface area (Å²) in [6.07, 6.45) is 0.163. The summed E-state index contributed by atoms with van der Waals surface area (Å²) in [4.78, 5) is 1.29. The molecular formula is C12H20BrF3N4. The lowest BCUT2D eigenvalue weighted by Gasteiger charge is -2.19. The van der Waals surface area contributed by atoms with Crippen molar-refractivity contribution in [2.24, 2.45) is 0 Å². The first kappa shape index (κ1) is 17.5. The summed E-state index contributed by atoms with van der Waals surface area (Å²) >= 11 is 3.32. The lowest BCUT2D eigenvalue weighted by molar-refractivity contribution is -0.143. The zero-order valence-corrected chi connectivity index (χ0v) is 13.2. The van der Waals surface area contributed by atoms with Gasteiger partial charge in [0.2, 0.25) is 0 Å². The summed E-state index contributed by atoms with van der Waals surface area (Å²) in [6, 6.07) is 0.217. The second kappa shape index (κ2) is 7.99. The smallest absolute Gasteiger partial charge is 0.312 e. The van der Waals surface area contributed by atoms with E-state index < -0.39 is 12.7 Å². The zero-order valence-electron chi connectivity index (χ0n) is 11.6. The van der Waals surface area contributed by atoms with E-state index in [-0.39, 0.29) is 6.04 Å². The minimum Gasteiger partial charge on any atom is -0.312 e. The van der Waals surface area contributed by atoms with Gasteiger partial charge in [0.1, 0.15) is 0 Å². The van der Waals surface area contributed by atoms with Crippen molar-refractivity contribution in [1.29, 1.82) is 0 Å². The fraction of sp³-hybridized carbons (Fsp3) is 0.750. The molecule has 1 heterocycles.